The van der Waals surface area contributed by atoms with Gasteiger partial charge in [-0.1, -0.05) is 280 Å². The second-order valence-corrected chi connectivity index (χ2v) is 28.8. The Morgan fingerprint density at radius 2 is 0.531 bits per heavy atom. The van der Waals surface area contributed by atoms with Crippen LogP contribution < -0.4 is 0 Å². The van der Waals surface area contributed by atoms with Gasteiger partial charge in [0.15, 0.2) is 12.2 Å². The van der Waals surface area contributed by atoms with Gasteiger partial charge in [-0.05, 0) is 116 Å². The van der Waals surface area contributed by atoms with Crippen molar-refractivity contribution in [2.75, 3.05) is 39.6 Å². The van der Waals surface area contributed by atoms with Crippen molar-refractivity contribution in [3.63, 3.8) is 0 Å². The number of phosphoric ester groups is 2. The van der Waals surface area contributed by atoms with Crippen LogP contribution in [0, 0.1) is 0 Å². The van der Waals surface area contributed by atoms with E-state index in [4.69, 9.17) is 37.0 Å². The van der Waals surface area contributed by atoms with E-state index >= 15 is 0 Å². The van der Waals surface area contributed by atoms with Crippen LogP contribution in [0.1, 0.15) is 336 Å². The van der Waals surface area contributed by atoms with E-state index in [2.05, 4.69) is 113 Å². The second kappa shape index (κ2) is 71.6. The molecule has 0 saturated heterocycles. The largest absolute Gasteiger partial charge is 0.472 e. The summed E-state index contributed by atoms with van der Waals surface area (Å²) in [6.07, 6.45) is 72.8. The Morgan fingerprint density at radius 3 is 0.827 bits per heavy atom. The number of unbranched alkanes of at least 4 members (excludes halogenated alkanes) is 33. The summed E-state index contributed by atoms with van der Waals surface area (Å²) in [5.41, 5.74) is 0. The lowest BCUT2D eigenvalue weighted by Crippen LogP contribution is -2.30. The highest BCUT2D eigenvalue weighted by Gasteiger charge is 2.30. The number of hydrogen-bond acceptors (Lipinski definition) is 15. The number of carbonyl (C=O) groups excluding carboxylic acids is 4. The van der Waals surface area contributed by atoms with E-state index in [1.54, 1.807) is 0 Å². The van der Waals surface area contributed by atoms with Gasteiger partial charge in [-0.2, -0.15) is 0 Å². The zero-order valence-corrected chi connectivity index (χ0v) is 63.7. The van der Waals surface area contributed by atoms with Gasteiger partial charge in [0.2, 0.25) is 0 Å². The van der Waals surface area contributed by atoms with Crippen LogP contribution >= 0.6 is 15.6 Å². The normalized spacial score (nSPS) is 14.4. The molecule has 568 valence electrons. The van der Waals surface area contributed by atoms with Gasteiger partial charge in [0.05, 0.1) is 26.4 Å². The predicted molar refractivity (Wildman–Crippen MR) is 399 cm³/mol. The summed E-state index contributed by atoms with van der Waals surface area (Å²) in [6, 6.07) is 0. The molecule has 0 radical (unpaired) electrons. The maximum Gasteiger partial charge on any atom is 0.472 e. The number of ether oxygens (including phenoxy) is 4. The van der Waals surface area contributed by atoms with Gasteiger partial charge in [-0.25, -0.2) is 9.13 Å². The number of phosphoric acid groups is 2. The van der Waals surface area contributed by atoms with Crippen LogP contribution in [0.25, 0.3) is 0 Å². The molecule has 3 N–H and O–H groups in total. The van der Waals surface area contributed by atoms with Gasteiger partial charge in [0.25, 0.3) is 0 Å². The first kappa shape index (κ1) is 94.2. The van der Waals surface area contributed by atoms with Crippen LogP contribution in [0.2, 0.25) is 0 Å². The fraction of sp³-hybridized carbons (Fsp3) is 0.772. The molecule has 0 aromatic rings. The van der Waals surface area contributed by atoms with Crippen molar-refractivity contribution < 1.29 is 80.2 Å². The third-order valence-electron chi connectivity index (χ3n) is 16.4. The second-order valence-electron chi connectivity index (χ2n) is 25.9. The molecule has 0 fully saturated rings. The summed E-state index contributed by atoms with van der Waals surface area (Å²) in [7, 11) is -9.95. The monoisotopic (exact) mass is 1420 g/mol. The molecule has 0 heterocycles. The molecule has 0 aromatic carbocycles. The summed E-state index contributed by atoms with van der Waals surface area (Å²) in [5.74, 6) is -2.19. The Bertz CT molecular complexity index is 2190. The first-order valence-corrected chi connectivity index (χ1v) is 41.8. The van der Waals surface area contributed by atoms with Crippen molar-refractivity contribution >= 4 is 39.5 Å². The van der Waals surface area contributed by atoms with Crippen molar-refractivity contribution in [1.29, 1.82) is 0 Å². The van der Waals surface area contributed by atoms with Crippen LogP contribution in [0.3, 0.4) is 0 Å². The molecule has 0 bridgehead atoms. The smallest absolute Gasteiger partial charge is 0.462 e. The zero-order chi connectivity index (χ0) is 71.8. The van der Waals surface area contributed by atoms with Crippen LogP contribution in [-0.2, 0) is 65.4 Å². The van der Waals surface area contributed by atoms with E-state index in [0.29, 0.717) is 25.7 Å². The number of allylic oxidation sites excluding steroid dienone is 14. The van der Waals surface area contributed by atoms with Gasteiger partial charge >= 0.3 is 39.5 Å². The molecule has 0 rings (SSSR count). The molecule has 5 unspecified atom stereocenters. The SMILES string of the molecule is CC/C=C\C/C=C\C/C=C\CCCCCCCCCC(=O)OCC(COP(=O)(O)OCC(O)COP(=O)(O)OCC(COC(=O)CCCCCCC/C=C\C/C=C\C/C=C\CC)OC(=O)CCCCCCCCCCCCC)OC(=O)CCCCCCC/C=C\CCCCCCCC. The summed E-state index contributed by atoms with van der Waals surface area (Å²) in [5, 5.41) is 10.6. The number of rotatable bonds is 73. The highest BCUT2D eigenvalue weighted by Crippen LogP contribution is 2.45. The van der Waals surface area contributed by atoms with E-state index in [1.165, 1.54) is 77.0 Å². The average Bonchev–Trinajstić information content (AvgIpc) is 0.986. The van der Waals surface area contributed by atoms with Gasteiger partial charge in [0.1, 0.15) is 19.3 Å². The van der Waals surface area contributed by atoms with E-state index < -0.39 is 97.5 Å². The van der Waals surface area contributed by atoms with Gasteiger partial charge < -0.3 is 33.8 Å². The quantitative estimate of drug-likeness (QED) is 0.0169. The average molecular weight is 1420 g/mol. The van der Waals surface area contributed by atoms with Gasteiger partial charge in [-0.3, -0.25) is 37.3 Å². The lowest BCUT2D eigenvalue weighted by atomic mass is 10.1. The molecule has 0 aliphatic rings. The minimum absolute atomic E-state index is 0.0846. The fourth-order valence-electron chi connectivity index (χ4n) is 10.5. The zero-order valence-electron chi connectivity index (χ0n) is 62.0. The third-order valence-corrected chi connectivity index (χ3v) is 18.3. The number of aliphatic hydroxyl groups excluding tert-OH is 1. The number of esters is 4. The van der Waals surface area contributed by atoms with E-state index in [-0.39, 0.29) is 25.7 Å². The molecule has 0 aromatic heterocycles. The van der Waals surface area contributed by atoms with Crippen LogP contribution in [0.5, 0.6) is 0 Å². The Morgan fingerprint density at radius 1 is 0.296 bits per heavy atom. The number of aliphatic hydroxyl groups is 1. The summed E-state index contributed by atoms with van der Waals surface area (Å²) in [6.45, 7) is 4.64. The summed E-state index contributed by atoms with van der Waals surface area (Å²) in [4.78, 5) is 72.9. The van der Waals surface area contributed by atoms with Crippen LogP contribution in [0.4, 0.5) is 0 Å². The van der Waals surface area contributed by atoms with Crippen molar-refractivity contribution in [1.82, 2.24) is 0 Å². The fourth-order valence-corrected chi connectivity index (χ4v) is 12.1. The molecule has 0 spiro atoms. The number of hydrogen-bond donors (Lipinski definition) is 3. The molecule has 0 saturated carbocycles. The highest BCUT2D eigenvalue weighted by molar-refractivity contribution is 7.47. The standard InChI is InChI=1S/C79H140O17P2/c1-5-9-13-17-21-25-29-32-35-36-39-41-45-48-52-56-60-64-77(82)90-70-75(96-79(84)66-62-58-54-50-46-42-38-34-31-27-23-19-15-11-7-3)72-94-98(87,88)92-68-73(80)67-91-97(85,86)93-71-74(95-78(83)65-61-57-53-49-43-28-24-20-16-12-8-4)69-89-76(81)63-59-55-51-47-44-40-37-33-30-26-22-18-14-10-6-2/h9-10,13-14,21-22,25-26,32-35,37-38,73-75,80H,5-8,11-12,15-20,23-24,27-31,36,39-72H2,1-4H3,(H,85,86)(H,87,88)/b13-9-,14-10-,25-21-,26-22-,35-32-,37-33-,38-34-. The maximum atomic E-state index is 13.1. The topological polar surface area (TPSA) is 237 Å². The molecule has 98 heavy (non-hydrogen) atoms. The third kappa shape index (κ3) is 70.7. The molecule has 19 heteroatoms. The van der Waals surface area contributed by atoms with E-state index in [1.807, 2.05) is 0 Å². The number of carbonyl (C=O) groups is 4. The molecule has 0 aliphatic carbocycles. The molecule has 5 atom stereocenters. The van der Waals surface area contributed by atoms with E-state index in [0.717, 1.165) is 180 Å². The van der Waals surface area contributed by atoms with Crippen molar-refractivity contribution in [2.24, 2.45) is 0 Å². The van der Waals surface area contributed by atoms with Gasteiger partial charge in [0, 0.05) is 25.7 Å². The molecular formula is C79H140O17P2. The van der Waals surface area contributed by atoms with Crippen molar-refractivity contribution in [3.05, 3.63) is 85.1 Å². The van der Waals surface area contributed by atoms with Crippen LogP contribution in [0.15, 0.2) is 85.1 Å². The molecule has 0 aliphatic heterocycles. The first-order chi connectivity index (χ1) is 47.7. The molecule has 17 nitrogen and oxygen atoms in total. The van der Waals surface area contributed by atoms with Gasteiger partial charge in [-0.15, -0.1) is 0 Å². The Kier molecular flexibility index (Phi) is 68.9. The predicted octanol–water partition coefficient (Wildman–Crippen LogP) is 22.2. The minimum Gasteiger partial charge on any atom is -0.462 e. The lowest BCUT2D eigenvalue weighted by Gasteiger charge is -2.21. The molecular weight excluding hydrogens is 1280 g/mol. The Labute approximate surface area is 595 Å². The van der Waals surface area contributed by atoms with E-state index in [9.17, 15) is 43.2 Å². The van der Waals surface area contributed by atoms with Crippen molar-refractivity contribution in [2.45, 2.75) is 354 Å². The summed E-state index contributed by atoms with van der Waals surface area (Å²) >= 11 is 0. The maximum absolute atomic E-state index is 13.1. The highest BCUT2D eigenvalue weighted by atomic mass is 31.2. The van der Waals surface area contributed by atoms with Crippen LogP contribution in [-0.4, -0.2) is 96.7 Å². The Hall–Kier alpha value is -3.76. The first-order valence-electron chi connectivity index (χ1n) is 38.8. The Balaban J connectivity index is 5.33. The lowest BCUT2D eigenvalue weighted by molar-refractivity contribution is -0.161. The summed E-state index contributed by atoms with van der Waals surface area (Å²) < 4.78 is 68.5. The molecule has 0 amide bonds. The van der Waals surface area contributed by atoms with Crippen molar-refractivity contribution in [3.8, 4) is 0 Å². The minimum atomic E-state index is -4.98.